The second kappa shape index (κ2) is 3.42. The Hall–Kier alpha value is -0.760. The normalized spacial score (nSPS) is 9.30. The first kappa shape index (κ1) is 7.35. The van der Waals surface area contributed by atoms with Crippen molar-refractivity contribution in [3.63, 3.8) is 0 Å². The van der Waals surface area contributed by atoms with E-state index in [1.165, 1.54) is 0 Å². The molecule has 0 atom stereocenters. The number of thioether (sulfide) groups is 1. The van der Waals surface area contributed by atoms with E-state index in [9.17, 15) is 4.79 Å². The standard InChI is InChI=1S/C8H7OS/c1-10-8(9)7-5-3-2-4-6-7/h2-6H,1H2. The molecule has 0 aromatic heterocycles. The van der Waals surface area contributed by atoms with Gasteiger partial charge in [-0.05, 0) is 0 Å². The molecular weight excluding hydrogens is 144 g/mol. The third kappa shape index (κ3) is 1.61. The second-order valence-corrected chi connectivity index (χ2v) is 2.46. The molecule has 1 rings (SSSR count). The minimum absolute atomic E-state index is 0.0144. The van der Waals surface area contributed by atoms with E-state index in [4.69, 9.17) is 0 Å². The number of hydrogen-bond acceptors (Lipinski definition) is 2. The van der Waals surface area contributed by atoms with Crippen LogP contribution in [0.3, 0.4) is 0 Å². The van der Waals surface area contributed by atoms with E-state index in [1.807, 2.05) is 18.2 Å². The summed E-state index contributed by atoms with van der Waals surface area (Å²) < 4.78 is 0. The molecule has 0 amide bonds. The van der Waals surface area contributed by atoms with Gasteiger partial charge in [0.25, 0.3) is 0 Å². The lowest BCUT2D eigenvalue weighted by molar-refractivity contribution is 0.108. The first-order chi connectivity index (χ1) is 4.84. The fraction of sp³-hybridized carbons (Fsp3) is 0. The molecule has 1 radical (unpaired) electrons. The smallest absolute Gasteiger partial charge is 0.219 e. The number of hydrogen-bond donors (Lipinski definition) is 0. The van der Waals surface area contributed by atoms with Crippen LogP contribution in [0.4, 0.5) is 0 Å². The average Bonchev–Trinajstić information content (AvgIpc) is 2.05. The van der Waals surface area contributed by atoms with Crippen LogP contribution in [0, 0.1) is 6.26 Å². The van der Waals surface area contributed by atoms with Gasteiger partial charge in [-0.2, -0.15) is 0 Å². The predicted octanol–water partition coefficient (Wildman–Crippen LogP) is 2.35. The zero-order valence-electron chi connectivity index (χ0n) is 5.41. The minimum atomic E-state index is 0.0144. The van der Waals surface area contributed by atoms with Gasteiger partial charge in [-0.3, -0.25) is 4.79 Å². The zero-order chi connectivity index (χ0) is 7.40. The quantitative estimate of drug-likeness (QED) is 0.612. The van der Waals surface area contributed by atoms with E-state index < -0.39 is 0 Å². The van der Waals surface area contributed by atoms with Gasteiger partial charge < -0.3 is 0 Å². The van der Waals surface area contributed by atoms with Gasteiger partial charge in [-0.25, -0.2) is 0 Å². The van der Waals surface area contributed by atoms with Gasteiger partial charge >= 0.3 is 0 Å². The molecule has 10 heavy (non-hydrogen) atoms. The number of carbonyl (C=O) groups excluding carboxylic acids is 1. The number of rotatable bonds is 1. The highest BCUT2D eigenvalue weighted by atomic mass is 32.2. The Morgan fingerprint density at radius 1 is 1.30 bits per heavy atom. The molecule has 0 heterocycles. The van der Waals surface area contributed by atoms with Crippen LogP contribution in [0.15, 0.2) is 30.3 Å². The minimum Gasteiger partial charge on any atom is -0.282 e. The molecule has 0 spiro atoms. The van der Waals surface area contributed by atoms with Crippen LogP contribution < -0.4 is 0 Å². The molecule has 2 heteroatoms. The topological polar surface area (TPSA) is 17.1 Å². The van der Waals surface area contributed by atoms with Crippen LogP contribution in [0.5, 0.6) is 0 Å². The molecule has 0 fully saturated rings. The maximum Gasteiger partial charge on any atom is 0.219 e. The third-order valence-corrected chi connectivity index (χ3v) is 1.64. The van der Waals surface area contributed by atoms with Crippen molar-refractivity contribution >= 4 is 16.9 Å². The Labute approximate surface area is 64.4 Å². The van der Waals surface area contributed by atoms with Gasteiger partial charge in [-0.1, -0.05) is 42.1 Å². The van der Waals surface area contributed by atoms with Gasteiger partial charge in [0.2, 0.25) is 5.12 Å². The van der Waals surface area contributed by atoms with Crippen molar-refractivity contribution in [3.8, 4) is 0 Å². The predicted molar refractivity (Wildman–Crippen MR) is 43.7 cm³/mol. The molecule has 0 bridgehead atoms. The van der Waals surface area contributed by atoms with E-state index in [1.54, 1.807) is 12.1 Å². The summed E-state index contributed by atoms with van der Waals surface area (Å²) in [7, 11) is 0. The molecular formula is C8H7OS. The summed E-state index contributed by atoms with van der Waals surface area (Å²) in [5, 5.41) is 0.0144. The first-order valence-electron chi connectivity index (χ1n) is 2.86. The summed E-state index contributed by atoms with van der Waals surface area (Å²) in [6.45, 7) is 0. The van der Waals surface area contributed by atoms with Crippen LogP contribution in [0.2, 0.25) is 0 Å². The van der Waals surface area contributed by atoms with E-state index in [2.05, 4.69) is 6.26 Å². The molecule has 0 saturated heterocycles. The third-order valence-electron chi connectivity index (χ3n) is 1.14. The Morgan fingerprint density at radius 3 is 2.40 bits per heavy atom. The molecule has 1 aromatic rings. The highest BCUT2D eigenvalue weighted by Crippen LogP contribution is 2.08. The molecule has 0 N–H and O–H groups in total. The summed E-state index contributed by atoms with van der Waals surface area (Å²) in [4.78, 5) is 10.9. The van der Waals surface area contributed by atoms with Gasteiger partial charge in [0.15, 0.2) is 0 Å². The summed E-state index contributed by atoms with van der Waals surface area (Å²) in [5.41, 5.74) is 0.711. The Kier molecular flexibility index (Phi) is 2.51. The lowest BCUT2D eigenvalue weighted by Gasteiger charge is -1.92. The van der Waals surface area contributed by atoms with Crippen LogP contribution >= 0.6 is 11.8 Å². The van der Waals surface area contributed by atoms with E-state index in [0.717, 1.165) is 11.8 Å². The summed E-state index contributed by atoms with van der Waals surface area (Å²) in [6, 6.07) is 9.11. The van der Waals surface area contributed by atoms with Gasteiger partial charge in [0.05, 0.1) is 0 Å². The second-order valence-electron chi connectivity index (χ2n) is 1.80. The maximum absolute atomic E-state index is 10.9. The lowest BCUT2D eigenvalue weighted by atomic mass is 10.2. The van der Waals surface area contributed by atoms with Crippen molar-refractivity contribution < 1.29 is 4.79 Å². The van der Waals surface area contributed by atoms with E-state index in [-0.39, 0.29) is 5.12 Å². The SMILES string of the molecule is [CH2]SC(=O)c1ccccc1. The molecule has 0 aliphatic carbocycles. The van der Waals surface area contributed by atoms with Crippen LogP contribution in [-0.2, 0) is 0 Å². The van der Waals surface area contributed by atoms with Crippen LogP contribution in [0.1, 0.15) is 10.4 Å². The van der Waals surface area contributed by atoms with Gasteiger partial charge in [0, 0.05) is 11.8 Å². The number of carbonyl (C=O) groups is 1. The van der Waals surface area contributed by atoms with Crippen molar-refractivity contribution in [1.29, 1.82) is 0 Å². The van der Waals surface area contributed by atoms with E-state index in [0.29, 0.717) is 5.56 Å². The zero-order valence-corrected chi connectivity index (χ0v) is 6.23. The van der Waals surface area contributed by atoms with Crippen molar-refractivity contribution in [1.82, 2.24) is 0 Å². The maximum atomic E-state index is 10.9. The molecule has 0 saturated carbocycles. The highest BCUT2D eigenvalue weighted by molar-refractivity contribution is 8.15. The molecule has 1 aromatic carbocycles. The highest BCUT2D eigenvalue weighted by Gasteiger charge is 1.99. The fourth-order valence-corrected chi connectivity index (χ4v) is 0.960. The number of benzene rings is 1. The van der Waals surface area contributed by atoms with Crippen molar-refractivity contribution in [2.24, 2.45) is 0 Å². The van der Waals surface area contributed by atoms with Gasteiger partial charge in [0.1, 0.15) is 0 Å². The van der Waals surface area contributed by atoms with Crippen molar-refractivity contribution in [2.45, 2.75) is 0 Å². The Bertz CT molecular complexity index is 218. The summed E-state index contributed by atoms with van der Waals surface area (Å²) in [5.74, 6) is 0. The van der Waals surface area contributed by atoms with Crippen LogP contribution in [0.25, 0.3) is 0 Å². The summed E-state index contributed by atoms with van der Waals surface area (Å²) >= 11 is 0.989. The molecule has 0 unspecified atom stereocenters. The van der Waals surface area contributed by atoms with Crippen molar-refractivity contribution in [2.75, 3.05) is 0 Å². The monoisotopic (exact) mass is 151 g/mol. The summed E-state index contributed by atoms with van der Waals surface area (Å²) in [6.07, 6.45) is 3.43. The fourth-order valence-electron chi connectivity index (χ4n) is 0.658. The Morgan fingerprint density at radius 2 is 1.90 bits per heavy atom. The van der Waals surface area contributed by atoms with Crippen molar-refractivity contribution in [3.05, 3.63) is 42.2 Å². The first-order valence-corrected chi connectivity index (χ1v) is 3.84. The average molecular weight is 151 g/mol. The molecule has 51 valence electrons. The molecule has 0 aliphatic heterocycles. The van der Waals surface area contributed by atoms with Crippen LogP contribution in [-0.4, -0.2) is 5.12 Å². The molecule has 1 nitrogen and oxygen atoms in total. The Balaban J connectivity index is 2.85. The molecule has 0 aliphatic rings. The lowest BCUT2D eigenvalue weighted by Crippen LogP contribution is -1.88. The van der Waals surface area contributed by atoms with Gasteiger partial charge in [-0.15, -0.1) is 0 Å². The van der Waals surface area contributed by atoms with E-state index >= 15 is 0 Å². The largest absolute Gasteiger partial charge is 0.282 e.